The molecule has 1 aliphatic heterocycles. The van der Waals surface area contributed by atoms with E-state index >= 15 is 0 Å². The zero-order valence-electron chi connectivity index (χ0n) is 10.5. The molecule has 0 aliphatic carbocycles. The molecule has 0 amide bonds. The topological polar surface area (TPSA) is 66.9 Å². The highest BCUT2D eigenvalue weighted by molar-refractivity contribution is 7.88. The van der Waals surface area contributed by atoms with Crippen LogP contribution in [0.1, 0.15) is 13.3 Å². The summed E-state index contributed by atoms with van der Waals surface area (Å²) in [5.41, 5.74) is 0. The van der Waals surface area contributed by atoms with Crippen molar-refractivity contribution in [1.29, 1.82) is 0 Å². The Hall–Kier alpha value is -0.660. The first-order chi connectivity index (χ1) is 7.86. The second-order valence-corrected chi connectivity index (χ2v) is 6.23. The van der Waals surface area contributed by atoms with E-state index in [9.17, 15) is 13.2 Å². The van der Waals surface area contributed by atoms with E-state index < -0.39 is 10.0 Å². The van der Waals surface area contributed by atoms with Gasteiger partial charge in [-0.15, -0.1) is 0 Å². The Bertz CT molecular complexity index is 369. The minimum absolute atomic E-state index is 0.280. The van der Waals surface area contributed by atoms with Gasteiger partial charge in [-0.05, 0) is 13.3 Å². The van der Waals surface area contributed by atoms with Crippen LogP contribution in [-0.2, 0) is 19.6 Å². The number of carbonyl (C=O) groups excluding carboxylic acids is 1. The number of hydrogen-bond acceptors (Lipinski definition) is 5. The quantitative estimate of drug-likeness (QED) is 0.644. The fraction of sp³-hybridized carbons (Fsp3) is 0.900. The number of rotatable bonds is 3. The molecule has 1 fully saturated rings. The first-order valence-electron chi connectivity index (χ1n) is 5.63. The van der Waals surface area contributed by atoms with Crippen LogP contribution in [0.3, 0.4) is 0 Å². The molecule has 1 aliphatic rings. The Labute approximate surface area is 103 Å². The molecule has 1 atom stereocenters. The van der Waals surface area contributed by atoms with Crippen molar-refractivity contribution in [2.75, 3.05) is 39.5 Å². The second-order valence-electron chi connectivity index (χ2n) is 4.25. The number of hydrogen-bond donors (Lipinski definition) is 0. The first kappa shape index (κ1) is 14.4. The van der Waals surface area contributed by atoms with Crippen LogP contribution in [0.2, 0.25) is 0 Å². The van der Waals surface area contributed by atoms with E-state index in [0.29, 0.717) is 26.2 Å². The molecule has 0 aromatic carbocycles. The standard InChI is InChI=1S/C10H20N2O4S/c1-9(10(13)16-2)11-5-4-6-12(8-7-11)17(3,14)15/h9H,4-8H2,1-3H3. The molecular formula is C10H20N2O4S. The van der Waals surface area contributed by atoms with Gasteiger partial charge < -0.3 is 4.74 Å². The first-order valence-corrected chi connectivity index (χ1v) is 7.48. The summed E-state index contributed by atoms with van der Waals surface area (Å²) >= 11 is 0. The van der Waals surface area contributed by atoms with Crippen molar-refractivity contribution < 1.29 is 17.9 Å². The van der Waals surface area contributed by atoms with Crippen molar-refractivity contribution in [1.82, 2.24) is 9.21 Å². The minimum atomic E-state index is -3.13. The summed E-state index contributed by atoms with van der Waals surface area (Å²) in [7, 11) is -1.77. The van der Waals surface area contributed by atoms with Crippen LogP contribution in [0.15, 0.2) is 0 Å². The van der Waals surface area contributed by atoms with Gasteiger partial charge in [-0.3, -0.25) is 9.69 Å². The molecular weight excluding hydrogens is 244 g/mol. The molecule has 1 rings (SSSR count). The maximum atomic E-state index is 11.4. The number of ether oxygens (including phenoxy) is 1. The molecule has 1 heterocycles. The highest BCUT2D eigenvalue weighted by Gasteiger charge is 2.27. The molecule has 17 heavy (non-hydrogen) atoms. The van der Waals surface area contributed by atoms with Gasteiger partial charge >= 0.3 is 5.97 Å². The third kappa shape index (κ3) is 3.93. The molecule has 6 nitrogen and oxygen atoms in total. The SMILES string of the molecule is COC(=O)C(C)N1CCCN(S(C)(=O)=O)CC1. The molecule has 7 heteroatoms. The molecule has 0 radical (unpaired) electrons. The maximum Gasteiger partial charge on any atom is 0.322 e. The lowest BCUT2D eigenvalue weighted by molar-refractivity contribution is -0.146. The van der Waals surface area contributed by atoms with E-state index in [1.807, 2.05) is 4.90 Å². The summed E-state index contributed by atoms with van der Waals surface area (Å²) in [6.07, 6.45) is 1.95. The highest BCUT2D eigenvalue weighted by atomic mass is 32.2. The van der Waals surface area contributed by atoms with Gasteiger partial charge in [-0.25, -0.2) is 12.7 Å². The third-order valence-electron chi connectivity index (χ3n) is 3.05. The number of esters is 1. The van der Waals surface area contributed by atoms with Gasteiger partial charge in [0.05, 0.1) is 13.4 Å². The highest BCUT2D eigenvalue weighted by Crippen LogP contribution is 2.10. The van der Waals surface area contributed by atoms with E-state index in [2.05, 4.69) is 4.74 Å². The maximum absolute atomic E-state index is 11.4. The number of methoxy groups -OCH3 is 1. The largest absolute Gasteiger partial charge is 0.468 e. The van der Waals surface area contributed by atoms with Crippen LogP contribution in [0.25, 0.3) is 0 Å². The lowest BCUT2D eigenvalue weighted by atomic mass is 10.2. The molecule has 0 bridgehead atoms. The second kappa shape index (κ2) is 5.79. The Morgan fingerprint density at radius 3 is 2.41 bits per heavy atom. The molecule has 0 spiro atoms. The fourth-order valence-electron chi connectivity index (χ4n) is 1.95. The monoisotopic (exact) mass is 264 g/mol. The Balaban J connectivity index is 2.62. The van der Waals surface area contributed by atoms with Gasteiger partial charge in [0.2, 0.25) is 10.0 Å². The lowest BCUT2D eigenvalue weighted by Gasteiger charge is -2.25. The van der Waals surface area contributed by atoms with Crippen LogP contribution in [0.5, 0.6) is 0 Å². The van der Waals surface area contributed by atoms with E-state index in [1.54, 1.807) is 6.92 Å². The van der Waals surface area contributed by atoms with Crippen molar-refractivity contribution in [3.8, 4) is 0 Å². The van der Waals surface area contributed by atoms with Gasteiger partial charge in [0.25, 0.3) is 0 Å². The lowest BCUT2D eigenvalue weighted by Crippen LogP contribution is -2.42. The smallest absolute Gasteiger partial charge is 0.322 e. The van der Waals surface area contributed by atoms with Gasteiger partial charge in [0, 0.05) is 26.2 Å². The van der Waals surface area contributed by atoms with Gasteiger partial charge in [0.15, 0.2) is 0 Å². The Morgan fingerprint density at radius 2 is 1.88 bits per heavy atom. The van der Waals surface area contributed by atoms with E-state index in [1.165, 1.54) is 17.7 Å². The molecule has 0 aromatic rings. The molecule has 100 valence electrons. The normalized spacial score (nSPS) is 21.8. The third-order valence-corrected chi connectivity index (χ3v) is 4.35. The molecule has 0 saturated carbocycles. The predicted molar refractivity (Wildman–Crippen MR) is 64.1 cm³/mol. The molecule has 0 aromatic heterocycles. The van der Waals surface area contributed by atoms with Crippen LogP contribution in [-0.4, -0.2) is 69.2 Å². The zero-order chi connectivity index (χ0) is 13.1. The van der Waals surface area contributed by atoms with Crippen molar-refractivity contribution in [2.45, 2.75) is 19.4 Å². The predicted octanol–water partition coefficient (Wildman–Crippen LogP) is -0.485. The molecule has 1 saturated heterocycles. The summed E-state index contributed by atoms with van der Waals surface area (Å²) in [6, 6.07) is -0.320. The summed E-state index contributed by atoms with van der Waals surface area (Å²) in [5, 5.41) is 0. The van der Waals surface area contributed by atoms with Crippen molar-refractivity contribution >= 4 is 16.0 Å². The summed E-state index contributed by atoms with van der Waals surface area (Å²) in [5.74, 6) is -0.280. The number of nitrogens with zero attached hydrogens (tertiary/aromatic N) is 2. The van der Waals surface area contributed by atoms with Gasteiger partial charge in [-0.1, -0.05) is 0 Å². The van der Waals surface area contributed by atoms with Crippen molar-refractivity contribution in [2.24, 2.45) is 0 Å². The van der Waals surface area contributed by atoms with Crippen molar-refractivity contribution in [3.05, 3.63) is 0 Å². The van der Waals surface area contributed by atoms with Crippen LogP contribution >= 0.6 is 0 Å². The Morgan fingerprint density at radius 1 is 1.24 bits per heavy atom. The summed E-state index contributed by atoms with van der Waals surface area (Å²) < 4.78 is 29.0. The van der Waals surface area contributed by atoms with E-state index in [0.717, 1.165) is 6.42 Å². The Kier molecular flexibility index (Phi) is 4.91. The fourth-order valence-corrected chi connectivity index (χ4v) is 2.83. The van der Waals surface area contributed by atoms with E-state index in [4.69, 9.17) is 0 Å². The average Bonchev–Trinajstić information content (AvgIpc) is 2.51. The molecule has 0 N–H and O–H groups in total. The minimum Gasteiger partial charge on any atom is -0.468 e. The molecule has 1 unspecified atom stereocenters. The number of carbonyl (C=O) groups is 1. The summed E-state index contributed by atoms with van der Waals surface area (Å²) in [4.78, 5) is 13.4. The van der Waals surface area contributed by atoms with Gasteiger partial charge in [0.1, 0.15) is 6.04 Å². The van der Waals surface area contributed by atoms with Crippen molar-refractivity contribution in [3.63, 3.8) is 0 Å². The van der Waals surface area contributed by atoms with E-state index in [-0.39, 0.29) is 12.0 Å². The average molecular weight is 264 g/mol. The summed E-state index contributed by atoms with van der Waals surface area (Å²) in [6.45, 7) is 4.00. The number of sulfonamides is 1. The van der Waals surface area contributed by atoms with Crippen LogP contribution in [0.4, 0.5) is 0 Å². The zero-order valence-corrected chi connectivity index (χ0v) is 11.4. The van der Waals surface area contributed by atoms with Crippen LogP contribution < -0.4 is 0 Å². The van der Waals surface area contributed by atoms with Gasteiger partial charge in [-0.2, -0.15) is 0 Å². The van der Waals surface area contributed by atoms with Crippen LogP contribution in [0, 0.1) is 0 Å².